The zero-order chi connectivity index (χ0) is 14.0. The van der Waals surface area contributed by atoms with Crippen molar-refractivity contribution < 1.29 is 5.21 Å². The van der Waals surface area contributed by atoms with E-state index in [1.54, 1.807) is 0 Å². The maximum atomic E-state index is 8.70. The second kappa shape index (κ2) is 5.79. The Morgan fingerprint density at radius 1 is 1.47 bits per heavy atom. The van der Waals surface area contributed by atoms with E-state index in [1.165, 1.54) is 0 Å². The summed E-state index contributed by atoms with van der Waals surface area (Å²) in [7, 11) is 2.14. The molecule has 6 heteroatoms. The van der Waals surface area contributed by atoms with E-state index in [0.29, 0.717) is 11.6 Å². The highest BCUT2D eigenvalue weighted by Gasteiger charge is 2.23. The third kappa shape index (κ3) is 3.01. The Kier molecular flexibility index (Phi) is 4.31. The van der Waals surface area contributed by atoms with Gasteiger partial charge in [-0.25, -0.2) is 0 Å². The fourth-order valence-corrected chi connectivity index (χ4v) is 3.06. The Hall–Kier alpha value is -1.27. The minimum absolute atomic E-state index is 0.124. The number of oxime groups is 1. The van der Waals surface area contributed by atoms with E-state index < -0.39 is 0 Å². The lowest BCUT2D eigenvalue weighted by Gasteiger charge is -2.40. The van der Waals surface area contributed by atoms with Crippen LogP contribution in [-0.2, 0) is 0 Å². The van der Waals surface area contributed by atoms with Gasteiger partial charge < -0.3 is 20.7 Å². The van der Waals surface area contributed by atoms with Crippen molar-refractivity contribution >= 4 is 27.5 Å². The van der Waals surface area contributed by atoms with Gasteiger partial charge in [-0.1, -0.05) is 5.16 Å². The van der Waals surface area contributed by atoms with Crippen molar-refractivity contribution in [2.45, 2.75) is 13.0 Å². The van der Waals surface area contributed by atoms with Crippen LogP contribution in [0.1, 0.15) is 12.5 Å². The first kappa shape index (κ1) is 14.1. The summed E-state index contributed by atoms with van der Waals surface area (Å²) in [5.74, 6) is 0.124. The van der Waals surface area contributed by atoms with Gasteiger partial charge in [0.1, 0.15) is 0 Å². The molecular weight excluding hydrogens is 308 g/mol. The van der Waals surface area contributed by atoms with Gasteiger partial charge in [0.2, 0.25) is 0 Å². The van der Waals surface area contributed by atoms with Crippen molar-refractivity contribution in [3.63, 3.8) is 0 Å². The zero-order valence-electron chi connectivity index (χ0n) is 11.2. The fraction of sp³-hybridized carbons (Fsp3) is 0.462. The molecule has 1 aromatic rings. The molecule has 0 aliphatic carbocycles. The summed E-state index contributed by atoms with van der Waals surface area (Å²) < 4.78 is 0.966. The minimum Gasteiger partial charge on any atom is -0.409 e. The van der Waals surface area contributed by atoms with Gasteiger partial charge in [0, 0.05) is 35.7 Å². The Labute approximate surface area is 121 Å². The number of rotatable bonds is 2. The smallest absolute Gasteiger partial charge is 0.170 e. The summed E-state index contributed by atoms with van der Waals surface area (Å²) in [5, 5.41) is 11.7. The number of nitrogens with two attached hydrogens (primary N) is 1. The summed E-state index contributed by atoms with van der Waals surface area (Å²) in [6, 6.07) is 6.24. The minimum atomic E-state index is 0.124. The van der Waals surface area contributed by atoms with Gasteiger partial charge in [-0.15, -0.1) is 0 Å². The highest BCUT2D eigenvalue weighted by molar-refractivity contribution is 9.10. The quantitative estimate of drug-likeness (QED) is 0.375. The molecule has 1 aliphatic rings. The van der Waals surface area contributed by atoms with Crippen molar-refractivity contribution in [2.75, 3.05) is 31.6 Å². The predicted octanol–water partition coefficient (Wildman–Crippen LogP) is 1.68. The van der Waals surface area contributed by atoms with E-state index in [2.05, 4.69) is 44.9 Å². The highest BCUT2D eigenvalue weighted by atomic mass is 79.9. The number of hydrogen-bond acceptors (Lipinski definition) is 4. The second-order valence-electron chi connectivity index (χ2n) is 4.96. The topological polar surface area (TPSA) is 65.1 Å². The predicted molar refractivity (Wildman–Crippen MR) is 81.0 cm³/mol. The molecular formula is C13H19BrN4O. The van der Waals surface area contributed by atoms with Crippen LogP contribution in [-0.4, -0.2) is 48.7 Å². The molecule has 1 atom stereocenters. The number of likely N-dealkylation sites (N-methyl/N-ethyl adjacent to an activating group) is 1. The van der Waals surface area contributed by atoms with Crippen LogP contribution >= 0.6 is 15.9 Å². The van der Waals surface area contributed by atoms with Crippen LogP contribution in [0.4, 0.5) is 5.69 Å². The van der Waals surface area contributed by atoms with E-state index in [-0.39, 0.29) is 5.84 Å². The molecule has 1 saturated heterocycles. The molecule has 1 aliphatic heterocycles. The number of halogens is 1. The molecule has 0 spiro atoms. The van der Waals surface area contributed by atoms with E-state index >= 15 is 0 Å². The normalized spacial score (nSPS) is 21.7. The molecule has 1 aromatic carbocycles. The van der Waals surface area contributed by atoms with Crippen LogP contribution in [0.3, 0.4) is 0 Å². The van der Waals surface area contributed by atoms with Crippen molar-refractivity contribution in [2.24, 2.45) is 10.9 Å². The molecule has 1 fully saturated rings. The second-order valence-corrected chi connectivity index (χ2v) is 5.81. The molecule has 0 saturated carbocycles. The first-order chi connectivity index (χ1) is 9.02. The molecule has 0 amide bonds. The van der Waals surface area contributed by atoms with E-state index in [4.69, 9.17) is 10.9 Å². The number of nitrogens with zero attached hydrogens (tertiary/aromatic N) is 3. The molecule has 2 rings (SSSR count). The Bertz CT molecular complexity index is 492. The van der Waals surface area contributed by atoms with Gasteiger partial charge in [0.05, 0.1) is 5.69 Å². The molecule has 0 radical (unpaired) electrons. The molecule has 0 aromatic heterocycles. The lowest BCUT2D eigenvalue weighted by Crippen LogP contribution is -2.50. The molecule has 1 heterocycles. The highest BCUT2D eigenvalue weighted by Crippen LogP contribution is 2.30. The van der Waals surface area contributed by atoms with Gasteiger partial charge in [0.15, 0.2) is 5.84 Å². The number of piperazine rings is 1. The Balaban J connectivity index is 2.26. The maximum absolute atomic E-state index is 8.70. The molecule has 0 bridgehead atoms. The van der Waals surface area contributed by atoms with Crippen molar-refractivity contribution in [3.05, 3.63) is 28.2 Å². The maximum Gasteiger partial charge on any atom is 0.170 e. The van der Waals surface area contributed by atoms with E-state index in [1.807, 2.05) is 18.2 Å². The van der Waals surface area contributed by atoms with Crippen LogP contribution in [0.25, 0.3) is 0 Å². The SMILES string of the molecule is CC1CN(C)CCN1c1ccc(/C(N)=N/O)cc1Br. The van der Waals surface area contributed by atoms with Gasteiger partial charge in [-0.05, 0) is 48.1 Å². The number of amidine groups is 1. The first-order valence-corrected chi connectivity index (χ1v) is 7.05. The van der Waals surface area contributed by atoms with Gasteiger partial charge >= 0.3 is 0 Å². The van der Waals surface area contributed by atoms with Gasteiger partial charge in [-0.3, -0.25) is 0 Å². The summed E-state index contributed by atoms with van der Waals surface area (Å²) in [6.07, 6.45) is 0. The van der Waals surface area contributed by atoms with Crippen LogP contribution in [0, 0.1) is 0 Å². The van der Waals surface area contributed by atoms with Crippen LogP contribution in [0.15, 0.2) is 27.8 Å². The summed E-state index contributed by atoms with van der Waals surface area (Å²) in [6.45, 7) is 5.33. The lowest BCUT2D eigenvalue weighted by atomic mass is 10.1. The number of benzene rings is 1. The van der Waals surface area contributed by atoms with Gasteiger partial charge in [-0.2, -0.15) is 0 Å². The lowest BCUT2D eigenvalue weighted by molar-refractivity contribution is 0.275. The third-order valence-corrected chi connectivity index (χ3v) is 4.13. The summed E-state index contributed by atoms with van der Waals surface area (Å²) >= 11 is 3.58. The van der Waals surface area contributed by atoms with Crippen molar-refractivity contribution in [3.8, 4) is 0 Å². The number of hydrogen-bond donors (Lipinski definition) is 2. The van der Waals surface area contributed by atoms with Crippen LogP contribution < -0.4 is 10.6 Å². The average molecular weight is 327 g/mol. The number of anilines is 1. The molecule has 3 N–H and O–H groups in total. The van der Waals surface area contributed by atoms with Gasteiger partial charge in [0.25, 0.3) is 0 Å². The molecule has 19 heavy (non-hydrogen) atoms. The largest absolute Gasteiger partial charge is 0.409 e. The molecule has 1 unspecified atom stereocenters. The van der Waals surface area contributed by atoms with Crippen LogP contribution in [0.5, 0.6) is 0 Å². The Morgan fingerprint density at radius 2 is 2.21 bits per heavy atom. The summed E-state index contributed by atoms with van der Waals surface area (Å²) in [5.41, 5.74) is 7.45. The standard InChI is InChI=1S/C13H19BrN4O/c1-9-8-17(2)5-6-18(9)12-4-3-10(7-11(12)14)13(15)16-19/h3-4,7,9,19H,5-6,8H2,1-2H3,(H2,15,16). The fourth-order valence-electron chi connectivity index (χ4n) is 2.45. The molecule has 5 nitrogen and oxygen atoms in total. The van der Waals surface area contributed by atoms with Crippen molar-refractivity contribution in [1.82, 2.24) is 4.90 Å². The van der Waals surface area contributed by atoms with Crippen LogP contribution in [0.2, 0.25) is 0 Å². The van der Waals surface area contributed by atoms with E-state index in [9.17, 15) is 0 Å². The average Bonchev–Trinajstić information content (AvgIpc) is 2.38. The zero-order valence-corrected chi connectivity index (χ0v) is 12.8. The Morgan fingerprint density at radius 3 is 2.79 bits per heavy atom. The molecule has 104 valence electrons. The monoisotopic (exact) mass is 326 g/mol. The third-order valence-electron chi connectivity index (χ3n) is 3.49. The van der Waals surface area contributed by atoms with E-state index in [0.717, 1.165) is 29.8 Å². The summed E-state index contributed by atoms with van der Waals surface area (Å²) in [4.78, 5) is 4.71. The first-order valence-electron chi connectivity index (χ1n) is 6.25. The van der Waals surface area contributed by atoms with Crippen molar-refractivity contribution in [1.29, 1.82) is 0 Å².